The Morgan fingerprint density at radius 3 is 2.36 bits per heavy atom. The highest BCUT2D eigenvalue weighted by Crippen LogP contribution is 2.29. The van der Waals surface area contributed by atoms with Gasteiger partial charge >= 0.3 is 0 Å². The molecule has 1 aromatic carbocycles. The Labute approximate surface area is 151 Å². The Hall–Kier alpha value is -1.44. The minimum Gasteiger partial charge on any atom is -0.325 e. The highest BCUT2D eigenvalue weighted by molar-refractivity contribution is 7.86. The van der Waals surface area contributed by atoms with Crippen molar-refractivity contribution in [3.8, 4) is 0 Å². The number of nitrogens with zero attached hydrogens (tertiary/aromatic N) is 2. The molecule has 1 saturated heterocycles. The Morgan fingerprint density at radius 1 is 1.24 bits per heavy atom. The fraction of sp³-hybridized carbons (Fsp3) is 0.611. The van der Waals surface area contributed by atoms with Gasteiger partial charge in [0.15, 0.2) is 0 Å². The van der Waals surface area contributed by atoms with Crippen molar-refractivity contribution in [3.63, 3.8) is 0 Å². The quantitative estimate of drug-likeness (QED) is 0.869. The van der Waals surface area contributed by atoms with Crippen molar-refractivity contribution in [1.82, 2.24) is 8.61 Å². The molecule has 0 atom stereocenters. The lowest BCUT2D eigenvalue weighted by atomic mass is 9.95. The number of rotatable bonds is 5. The summed E-state index contributed by atoms with van der Waals surface area (Å²) in [7, 11) is -0.343. The van der Waals surface area contributed by atoms with E-state index in [0.717, 1.165) is 16.8 Å². The summed E-state index contributed by atoms with van der Waals surface area (Å²) in [5, 5.41) is 3.09. The molecule has 7 heteroatoms. The van der Waals surface area contributed by atoms with Crippen LogP contribution in [0.3, 0.4) is 0 Å². The number of para-hydroxylation sites is 1. The number of amides is 1. The van der Waals surface area contributed by atoms with Gasteiger partial charge in [-0.3, -0.25) is 4.79 Å². The number of anilines is 1. The molecule has 0 spiro atoms. The second kappa shape index (κ2) is 7.85. The van der Waals surface area contributed by atoms with Crippen molar-refractivity contribution in [2.24, 2.45) is 5.92 Å². The van der Waals surface area contributed by atoms with Crippen molar-refractivity contribution in [2.75, 3.05) is 32.5 Å². The van der Waals surface area contributed by atoms with Gasteiger partial charge < -0.3 is 5.32 Å². The van der Waals surface area contributed by atoms with Gasteiger partial charge in [-0.15, -0.1) is 0 Å². The predicted molar refractivity (Wildman–Crippen MR) is 101 cm³/mol. The molecule has 1 aliphatic rings. The van der Waals surface area contributed by atoms with Gasteiger partial charge in [0, 0.05) is 38.8 Å². The summed E-state index contributed by atoms with van der Waals surface area (Å²) in [6, 6.07) is 6.04. The summed E-state index contributed by atoms with van der Waals surface area (Å²) in [6.45, 7) is 6.96. The predicted octanol–water partition coefficient (Wildman–Crippen LogP) is 2.58. The van der Waals surface area contributed by atoms with Gasteiger partial charge in [-0.05, 0) is 36.8 Å². The van der Waals surface area contributed by atoms with E-state index in [-0.39, 0.29) is 11.8 Å². The number of aryl methyl sites for hydroxylation is 1. The number of piperidine rings is 1. The van der Waals surface area contributed by atoms with Crippen molar-refractivity contribution in [3.05, 3.63) is 29.3 Å². The summed E-state index contributed by atoms with van der Waals surface area (Å²) < 4.78 is 27.0. The standard InChI is InChI=1S/C18H29N3O3S/c1-13(2)16-8-6-7-14(3)17(16)19-18(22)15-9-11-21(12-10-15)25(23,24)20(4)5/h6-8,13,15H,9-12H2,1-5H3,(H,19,22). The van der Waals surface area contributed by atoms with Crippen LogP contribution in [0.25, 0.3) is 0 Å². The summed E-state index contributed by atoms with van der Waals surface area (Å²) in [4.78, 5) is 12.7. The lowest BCUT2D eigenvalue weighted by Gasteiger charge is -2.32. The number of carbonyl (C=O) groups excluding carboxylic acids is 1. The third kappa shape index (κ3) is 4.40. The van der Waals surface area contributed by atoms with Gasteiger partial charge in [0.05, 0.1) is 0 Å². The van der Waals surface area contributed by atoms with E-state index in [2.05, 4.69) is 19.2 Å². The molecule has 0 saturated carbocycles. The van der Waals surface area contributed by atoms with Crippen molar-refractivity contribution in [1.29, 1.82) is 0 Å². The van der Waals surface area contributed by atoms with Gasteiger partial charge in [0.1, 0.15) is 0 Å². The molecule has 1 amide bonds. The summed E-state index contributed by atoms with van der Waals surface area (Å²) >= 11 is 0. The average molecular weight is 368 g/mol. The minimum atomic E-state index is -3.40. The molecular weight excluding hydrogens is 338 g/mol. The van der Waals surface area contributed by atoms with Crippen LogP contribution in [0.4, 0.5) is 5.69 Å². The molecule has 0 aromatic heterocycles. The van der Waals surface area contributed by atoms with Crippen LogP contribution in [0.2, 0.25) is 0 Å². The van der Waals surface area contributed by atoms with E-state index in [1.807, 2.05) is 25.1 Å². The third-order valence-corrected chi connectivity index (χ3v) is 6.73. The van der Waals surface area contributed by atoms with E-state index in [0.29, 0.717) is 31.8 Å². The van der Waals surface area contributed by atoms with E-state index in [1.165, 1.54) is 22.7 Å². The SMILES string of the molecule is Cc1cccc(C(C)C)c1NC(=O)C1CCN(S(=O)(=O)N(C)C)CC1. The van der Waals surface area contributed by atoms with Gasteiger partial charge in [-0.25, -0.2) is 0 Å². The molecule has 1 heterocycles. The lowest BCUT2D eigenvalue weighted by molar-refractivity contribution is -0.120. The second-order valence-corrected chi connectivity index (χ2v) is 9.29. The Morgan fingerprint density at radius 2 is 1.84 bits per heavy atom. The molecule has 2 rings (SSSR count). The van der Waals surface area contributed by atoms with Crippen LogP contribution in [-0.4, -0.2) is 50.1 Å². The van der Waals surface area contributed by atoms with E-state index in [9.17, 15) is 13.2 Å². The summed E-state index contributed by atoms with van der Waals surface area (Å²) in [5.74, 6) is 0.147. The van der Waals surface area contributed by atoms with E-state index < -0.39 is 10.2 Å². The van der Waals surface area contributed by atoms with Crippen LogP contribution in [0.1, 0.15) is 43.7 Å². The van der Waals surface area contributed by atoms with E-state index in [4.69, 9.17) is 0 Å². The van der Waals surface area contributed by atoms with Gasteiger partial charge in [0.2, 0.25) is 5.91 Å². The largest absolute Gasteiger partial charge is 0.325 e. The normalized spacial score (nSPS) is 17.2. The highest BCUT2D eigenvalue weighted by Gasteiger charge is 2.32. The molecule has 6 nitrogen and oxygen atoms in total. The van der Waals surface area contributed by atoms with Crippen LogP contribution in [0, 0.1) is 12.8 Å². The summed E-state index contributed by atoms with van der Waals surface area (Å²) in [6.07, 6.45) is 1.09. The molecule has 1 fully saturated rings. The third-order valence-electron chi connectivity index (χ3n) is 4.79. The Balaban J connectivity index is 2.05. The number of nitrogens with one attached hydrogen (secondary N) is 1. The average Bonchev–Trinajstić information content (AvgIpc) is 2.56. The van der Waals surface area contributed by atoms with Gasteiger partial charge in [-0.1, -0.05) is 32.0 Å². The maximum Gasteiger partial charge on any atom is 0.281 e. The van der Waals surface area contributed by atoms with Crippen molar-refractivity contribution in [2.45, 2.75) is 39.5 Å². The molecular formula is C18H29N3O3S. The minimum absolute atomic E-state index is 0.0156. The van der Waals surface area contributed by atoms with Crippen LogP contribution in [0.15, 0.2) is 18.2 Å². The molecule has 140 valence electrons. The number of hydrogen-bond donors (Lipinski definition) is 1. The molecule has 0 unspecified atom stereocenters. The first-order chi connectivity index (χ1) is 11.6. The highest BCUT2D eigenvalue weighted by atomic mass is 32.2. The van der Waals surface area contributed by atoms with Crippen LogP contribution in [0.5, 0.6) is 0 Å². The smallest absolute Gasteiger partial charge is 0.281 e. The van der Waals surface area contributed by atoms with Gasteiger partial charge in [0.25, 0.3) is 10.2 Å². The zero-order chi connectivity index (χ0) is 18.8. The monoisotopic (exact) mass is 367 g/mol. The molecule has 0 aliphatic carbocycles. The summed E-state index contributed by atoms with van der Waals surface area (Å²) in [5.41, 5.74) is 3.07. The maximum atomic E-state index is 12.7. The van der Waals surface area contributed by atoms with E-state index >= 15 is 0 Å². The van der Waals surface area contributed by atoms with Crippen molar-refractivity contribution < 1.29 is 13.2 Å². The maximum absolute atomic E-state index is 12.7. The lowest BCUT2D eigenvalue weighted by Crippen LogP contribution is -2.46. The molecule has 1 N–H and O–H groups in total. The molecule has 0 bridgehead atoms. The first-order valence-electron chi connectivity index (χ1n) is 8.72. The fourth-order valence-corrected chi connectivity index (χ4v) is 4.28. The zero-order valence-corrected chi connectivity index (χ0v) is 16.6. The van der Waals surface area contributed by atoms with Crippen molar-refractivity contribution >= 4 is 21.8 Å². The second-order valence-electron chi connectivity index (χ2n) is 7.15. The van der Waals surface area contributed by atoms with Crippen LogP contribution < -0.4 is 5.32 Å². The van der Waals surface area contributed by atoms with Crippen LogP contribution in [-0.2, 0) is 15.0 Å². The first-order valence-corrected chi connectivity index (χ1v) is 10.1. The Bertz CT molecular complexity index is 721. The fourth-order valence-electron chi connectivity index (χ4n) is 3.15. The molecule has 0 radical (unpaired) electrons. The molecule has 1 aliphatic heterocycles. The first kappa shape index (κ1) is 19.9. The Kier molecular flexibility index (Phi) is 6.24. The van der Waals surface area contributed by atoms with E-state index in [1.54, 1.807) is 0 Å². The number of benzene rings is 1. The number of carbonyl (C=O) groups is 1. The van der Waals surface area contributed by atoms with Gasteiger partial charge in [-0.2, -0.15) is 17.0 Å². The van der Waals surface area contributed by atoms with Crippen LogP contribution >= 0.6 is 0 Å². The molecule has 25 heavy (non-hydrogen) atoms. The molecule has 1 aromatic rings. The number of hydrogen-bond acceptors (Lipinski definition) is 3. The zero-order valence-electron chi connectivity index (χ0n) is 15.7. The topological polar surface area (TPSA) is 69.7 Å².